The van der Waals surface area contributed by atoms with Crippen molar-refractivity contribution in [3.63, 3.8) is 0 Å². The molecule has 1 aromatic heterocycles. The van der Waals surface area contributed by atoms with Gasteiger partial charge in [0.05, 0.1) is 18.3 Å². The van der Waals surface area contributed by atoms with Crippen LogP contribution < -0.4 is 5.73 Å². The van der Waals surface area contributed by atoms with E-state index < -0.39 is 17.6 Å². The Bertz CT molecular complexity index is 1050. The van der Waals surface area contributed by atoms with Gasteiger partial charge in [-0.3, -0.25) is 4.79 Å². The summed E-state index contributed by atoms with van der Waals surface area (Å²) in [7, 11) is 1.46. The highest BCUT2D eigenvalue weighted by Gasteiger charge is 2.39. The summed E-state index contributed by atoms with van der Waals surface area (Å²) < 4.78 is 21.8. The molecule has 0 aliphatic heterocycles. The minimum absolute atomic E-state index is 0.125. The molecule has 0 radical (unpaired) electrons. The molecule has 6 nitrogen and oxygen atoms in total. The summed E-state index contributed by atoms with van der Waals surface area (Å²) in [5.74, 6) is 0.401. The number of carbonyl (C=O) groups is 1. The molecule has 2 N–H and O–H groups in total. The van der Waals surface area contributed by atoms with Crippen LogP contribution in [0.25, 0.3) is 11.3 Å². The van der Waals surface area contributed by atoms with Crippen LogP contribution in [0.15, 0.2) is 66.9 Å². The summed E-state index contributed by atoms with van der Waals surface area (Å²) in [6.07, 6.45) is 0.655. The second-order valence-electron chi connectivity index (χ2n) is 9.54. The first kappa shape index (κ1) is 25.6. The topological polar surface area (TPSA) is 73.4 Å². The molecule has 7 heteroatoms. The SMILES string of the molecule is COCC(=O)N(CC(F)CN)C(c1nc(-c2ccccc2)cn1Cc1ccccc1)C(C)(C)C. The van der Waals surface area contributed by atoms with Gasteiger partial charge in [0, 0.05) is 32.0 Å². The van der Waals surface area contributed by atoms with Gasteiger partial charge in [-0.05, 0) is 11.0 Å². The Kier molecular flexibility index (Phi) is 8.58. The molecule has 0 saturated carbocycles. The maximum atomic E-state index is 14.6. The molecule has 34 heavy (non-hydrogen) atoms. The monoisotopic (exact) mass is 466 g/mol. The Morgan fingerprint density at radius 2 is 1.74 bits per heavy atom. The third kappa shape index (κ3) is 6.30. The predicted octanol–water partition coefficient (Wildman–Crippen LogP) is 4.46. The highest BCUT2D eigenvalue weighted by Crippen LogP contribution is 2.39. The summed E-state index contributed by atoms with van der Waals surface area (Å²) in [5.41, 5.74) is 8.03. The van der Waals surface area contributed by atoms with Crippen molar-refractivity contribution in [1.29, 1.82) is 0 Å². The number of hydrogen-bond acceptors (Lipinski definition) is 4. The molecule has 1 amide bonds. The van der Waals surface area contributed by atoms with E-state index in [-0.39, 0.29) is 25.6 Å². The van der Waals surface area contributed by atoms with Crippen LogP contribution in [0.1, 0.15) is 38.2 Å². The summed E-state index contributed by atoms with van der Waals surface area (Å²) in [6, 6.07) is 19.5. The van der Waals surface area contributed by atoms with Crippen LogP contribution in [0, 0.1) is 5.41 Å². The van der Waals surface area contributed by atoms with E-state index in [1.165, 1.54) is 7.11 Å². The first-order valence-electron chi connectivity index (χ1n) is 11.5. The normalized spacial score (nSPS) is 13.5. The number of ether oxygens (including phenoxy) is 1. The molecule has 2 atom stereocenters. The molecule has 0 saturated heterocycles. The lowest BCUT2D eigenvalue weighted by molar-refractivity contribution is -0.141. The number of nitrogens with two attached hydrogens (primary N) is 1. The lowest BCUT2D eigenvalue weighted by Crippen LogP contribution is -2.47. The number of halogens is 1. The molecule has 182 valence electrons. The van der Waals surface area contributed by atoms with Crippen molar-refractivity contribution in [1.82, 2.24) is 14.5 Å². The van der Waals surface area contributed by atoms with E-state index in [2.05, 4.69) is 16.7 Å². The zero-order valence-corrected chi connectivity index (χ0v) is 20.4. The summed E-state index contributed by atoms with van der Waals surface area (Å²) in [5, 5.41) is 0. The van der Waals surface area contributed by atoms with E-state index >= 15 is 0 Å². The van der Waals surface area contributed by atoms with Crippen molar-refractivity contribution in [3.05, 3.63) is 78.2 Å². The quantitative estimate of drug-likeness (QED) is 0.479. The van der Waals surface area contributed by atoms with Gasteiger partial charge in [0.1, 0.15) is 18.6 Å². The van der Waals surface area contributed by atoms with Gasteiger partial charge in [0.2, 0.25) is 5.91 Å². The maximum absolute atomic E-state index is 14.6. The third-order valence-electron chi connectivity index (χ3n) is 5.69. The number of nitrogens with zero attached hydrogens (tertiary/aromatic N) is 3. The molecule has 2 unspecified atom stereocenters. The molecule has 3 aromatic rings. The highest BCUT2D eigenvalue weighted by molar-refractivity contribution is 5.78. The fraction of sp³-hybridized carbons (Fsp3) is 0.407. The van der Waals surface area contributed by atoms with E-state index in [4.69, 9.17) is 15.5 Å². The molecule has 2 aromatic carbocycles. The van der Waals surface area contributed by atoms with Crippen molar-refractivity contribution in [2.75, 3.05) is 26.8 Å². The number of benzene rings is 2. The standard InChI is InChI=1S/C27H35FN4O2/c1-27(2,3)25(32(17-22(28)15-29)24(33)19-34-4)26-30-23(21-13-9-6-10-14-21)18-31(26)16-20-11-7-5-8-12-20/h5-14,18,22,25H,15-17,19,29H2,1-4H3. The van der Waals surface area contributed by atoms with Gasteiger partial charge in [-0.15, -0.1) is 0 Å². The number of methoxy groups -OCH3 is 1. The lowest BCUT2D eigenvalue weighted by atomic mass is 9.84. The predicted molar refractivity (Wildman–Crippen MR) is 133 cm³/mol. The molecule has 1 heterocycles. The fourth-order valence-electron chi connectivity index (χ4n) is 4.14. The minimum Gasteiger partial charge on any atom is -0.375 e. The number of carbonyl (C=O) groups excluding carboxylic acids is 1. The van der Waals surface area contributed by atoms with E-state index in [9.17, 15) is 9.18 Å². The number of aromatic nitrogens is 2. The zero-order valence-electron chi connectivity index (χ0n) is 20.4. The van der Waals surface area contributed by atoms with Crippen molar-refractivity contribution in [2.45, 2.75) is 39.5 Å². The van der Waals surface area contributed by atoms with Crippen LogP contribution in [0.5, 0.6) is 0 Å². The molecular weight excluding hydrogens is 431 g/mol. The van der Waals surface area contributed by atoms with Crippen LogP contribution in [0.4, 0.5) is 4.39 Å². The molecule has 0 aliphatic carbocycles. The van der Waals surface area contributed by atoms with Crippen molar-refractivity contribution in [2.24, 2.45) is 11.1 Å². The third-order valence-corrected chi connectivity index (χ3v) is 5.69. The van der Waals surface area contributed by atoms with Crippen LogP contribution in [-0.4, -0.2) is 53.3 Å². The average Bonchev–Trinajstić information content (AvgIpc) is 3.22. The van der Waals surface area contributed by atoms with E-state index in [1.807, 2.05) is 75.5 Å². The Balaban J connectivity index is 2.16. The van der Waals surface area contributed by atoms with Crippen molar-refractivity contribution >= 4 is 5.91 Å². The van der Waals surface area contributed by atoms with Gasteiger partial charge in [0.15, 0.2) is 0 Å². The van der Waals surface area contributed by atoms with Gasteiger partial charge >= 0.3 is 0 Å². The van der Waals surface area contributed by atoms with Crippen LogP contribution in [-0.2, 0) is 16.1 Å². The number of imidazole rings is 1. The van der Waals surface area contributed by atoms with Crippen molar-refractivity contribution in [3.8, 4) is 11.3 Å². The molecule has 0 aliphatic rings. The van der Waals surface area contributed by atoms with E-state index in [0.29, 0.717) is 12.4 Å². The molecule has 0 spiro atoms. The average molecular weight is 467 g/mol. The fourth-order valence-corrected chi connectivity index (χ4v) is 4.14. The molecule has 0 bridgehead atoms. The minimum atomic E-state index is -1.35. The van der Waals surface area contributed by atoms with Gasteiger partial charge in [-0.2, -0.15) is 0 Å². The first-order chi connectivity index (χ1) is 16.2. The van der Waals surface area contributed by atoms with Gasteiger partial charge < -0.3 is 19.9 Å². The summed E-state index contributed by atoms with van der Waals surface area (Å²) >= 11 is 0. The zero-order chi connectivity index (χ0) is 24.7. The van der Waals surface area contributed by atoms with Gasteiger partial charge in [-0.25, -0.2) is 9.37 Å². The first-order valence-corrected chi connectivity index (χ1v) is 11.5. The largest absolute Gasteiger partial charge is 0.375 e. The summed E-state index contributed by atoms with van der Waals surface area (Å²) in [4.78, 5) is 19.7. The number of amides is 1. The van der Waals surface area contributed by atoms with Gasteiger partial charge in [0.25, 0.3) is 0 Å². The molecule has 0 fully saturated rings. The van der Waals surface area contributed by atoms with E-state index in [1.54, 1.807) is 4.90 Å². The molecule has 3 rings (SSSR count). The Hall–Kier alpha value is -3.03. The van der Waals surface area contributed by atoms with Crippen LogP contribution in [0.2, 0.25) is 0 Å². The van der Waals surface area contributed by atoms with Crippen molar-refractivity contribution < 1.29 is 13.9 Å². The Morgan fingerprint density at radius 3 is 2.29 bits per heavy atom. The lowest BCUT2D eigenvalue weighted by Gasteiger charge is -2.40. The second-order valence-corrected chi connectivity index (χ2v) is 9.54. The molecular formula is C27H35FN4O2. The number of rotatable bonds is 10. The summed E-state index contributed by atoms with van der Waals surface area (Å²) in [6.45, 7) is 6.24. The highest BCUT2D eigenvalue weighted by atomic mass is 19.1. The van der Waals surface area contributed by atoms with E-state index in [0.717, 1.165) is 16.8 Å². The maximum Gasteiger partial charge on any atom is 0.249 e. The number of hydrogen-bond donors (Lipinski definition) is 1. The Labute approximate surface area is 201 Å². The second kappa shape index (κ2) is 11.4. The van der Waals surface area contributed by atoms with Crippen LogP contribution >= 0.6 is 0 Å². The Morgan fingerprint density at radius 1 is 1.12 bits per heavy atom. The number of alkyl halides is 1. The van der Waals surface area contributed by atoms with Gasteiger partial charge in [-0.1, -0.05) is 81.4 Å². The smallest absolute Gasteiger partial charge is 0.249 e. The van der Waals surface area contributed by atoms with Crippen LogP contribution in [0.3, 0.4) is 0 Å².